The number of anilines is 1. The first-order chi connectivity index (χ1) is 17.6. The molecule has 0 spiro atoms. The fourth-order valence-corrected chi connectivity index (χ4v) is 4.36. The van der Waals surface area contributed by atoms with Crippen LogP contribution >= 0.6 is 0 Å². The molecule has 6 nitrogen and oxygen atoms in total. The molecule has 0 saturated carbocycles. The predicted octanol–water partition coefficient (Wildman–Crippen LogP) is 6.95. The highest BCUT2D eigenvalue weighted by molar-refractivity contribution is 5.92. The van der Waals surface area contributed by atoms with Gasteiger partial charge in [-0.15, -0.1) is 10.2 Å². The minimum Gasteiger partial charge on any atom is -0.415 e. The number of hydrogen-bond donors (Lipinski definition) is 0. The lowest BCUT2D eigenvalue weighted by Crippen LogP contribution is -2.45. The number of likely N-dealkylation sites (tertiary alicyclic amines) is 1. The summed E-state index contributed by atoms with van der Waals surface area (Å²) in [6.45, 7) is 1.87. The van der Waals surface area contributed by atoms with Crippen LogP contribution in [0.15, 0.2) is 83.3 Å². The van der Waals surface area contributed by atoms with Crippen molar-refractivity contribution in [3.05, 3.63) is 90.3 Å². The Morgan fingerprint density at radius 2 is 1.47 bits per heavy atom. The van der Waals surface area contributed by atoms with Crippen molar-refractivity contribution in [2.45, 2.75) is 32.2 Å². The molecule has 3 aromatic carbocycles. The Labute approximate surface area is 208 Å². The summed E-state index contributed by atoms with van der Waals surface area (Å²) >= 11 is 0. The molecule has 2 heterocycles. The van der Waals surface area contributed by atoms with E-state index in [4.69, 9.17) is 4.42 Å². The van der Waals surface area contributed by atoms with Crippen LogP contribution in [0.25, 0.3) is 22.6 Å². The van der Waals surface area contributed by atoms with Crippen LogP contribution in [-0.2, 0) is 6.54 Å². The first-order valence-electron chi connectivity index (χ1n) is 12.0. The smallest absolute Gasteiger partial charge is 0.324 e. The highest BCUT2D eigenvalue weighted by atomic mass is 19.3. The predicted molar refractivity (Wildman–Crippen MR) is 134 cm³/mol. The standard InChI is InChI=1S/C28H26F2N4O2/c29-25(30)27-32-31-26(36-27)23-11-9-20(10-12-23)19-34(28(35)33-17-5-2-6-18-33)24-15-13-22(14-16-24)21-7-3-1-4-8-21/h1,3-4,7-16,25H,2,5-6,17-19H2. The minimum atomic E-state index is -2.81. The van der Waals surface area contributed by atoms with Gasteiger partial charge in [0.15, 0.2) is 0 Å². The van der Waals surface area contributed by atoms with Crippen LogP contribution in [0.5, 0.6) is 0 Å². The number of hydrogen-bond acceptors (Lipinski definition) is 4. The number of carbonyl (C=O) groups excluding carboxylic acids is 1. The summed E-state index contributed by atoms with van der Waals surface area (Å²) in [7, 11) is 0. The number of urea groups is 1. The van der Waals surface area contributed by atoms with Gasteiger partial charge in [-0.1, -0.05) is 54.6 Å². The van der Waals surface area contributed by atoms with Crippen LogP contribution in [-0.4, -0.2) is 34.2 Å². The minimum absolute atomic E-state index is 0.0234. The molecule has 5 rings (SSSR count). The van der Waals surface area contributed by atoms with Crippen LogP contribution < -0.4 is 4.90 Å². The van der Waals surface area contributed by atoms with Gasteiger partial charge in [-0.2, -0.15) is 8.78 Å². The molecule has 0 unspecified atom stereocenters. The normalized spacial score (nSPS) is 13.7. The zero-order valence-corrected chi connectivity index (χ0v) is 19.7. The molecular formula is C28H26F2N4O2. The van der Waals surface area contributed by atoms with Crippen molar-refractivity contribution in [2.24, 2.45) is 0 Å². The van der Waals surface area contributed by atoms with Crippen LogP contribution in [0.2, 0.25) is 0 Å². The number of aromatic nitrogens is 2. The molecule has 0 radical (unpaired) electrons. The molecule has 0 aliphatic carbocycles. The summed E-state index contributed by atoms with van der Waals surface area (Å²) in [5, 5.41) is 7.08. The third-order valence-corrected chi connectivity index (χ3v) is 6.31. The lowest BCUT2D eigenvalue weighted by atomic mass is 10.0. The van der Waals surface area contributed by atoms with Gasteiger partial charge in [0.25, 0.3) is 5.89 Å². The van der Waals surface area contributed by atoms with E-state index in [0.29, 0.717) is 12.1 Å². The third kappa shape index (κ3) is 5.27. The molecule has 1 fully saturated rings. The van der Waals surface area contributed by atoms with Gasteiger partial charge in [-0.05, 0) is 60.2 Å². The number of benzene rings is 3. The Morgan fingerprint density at radius 3 is 2.11 bits per heavy atom. The molecule has 2 amide bonds. The van der Waals surface area contributed by atoms with Gasteiger partial charge in [0.2, 0.25) is 5.89 Å². The molecule has 8 heteroatoms. The number of halogens is 2. The van der Waals surface area contributed by atoms with Crippen molar-refractivity contribution >= 4 is 11.7 Å². The van der Waals surface area contributed by atoms with E-state index in [1.165, 1.54) is 0 Å². The third-order valence-electron chi connectivity index (χ3n) is 6.31. The molecule has 36 heavy (non-hydrogen) atoms. The summed E-state index contributed by atoms with van der Waals surface area (Å²) < 4.78 is 30.6. The Hall–Kier alpha value is -4.07. The summed E-state index contributed by atoms with van der Waals surface area (Å²) in [6.07, 6.45) is 0.339. The molecule has 1 saturated heterocycles. The lowest BCUT2D eigenvalue weighted by Gasteiger charge is -2.33. The van der Waals surface area contributed by atoms with Crippen molar-refractivity contribution in [1.82, 2.24) is 15.1 Å². The van der Waals surface area contributed by atoms with Crippen molar-refractivity contribution in [3.8, 4) is 22.6 Å². The number of carbonyl (C=O) groups is 1. The molecule has 0 N–H and O–H groups in total. The van der Waals surface area contributed by atoms with E-state index >= 15 is 0 Å². The number of nitrogens with zero attached hydrogens (tertiary/aromatic N) is 4. The molecule has 1 aliphatic heterocycles. The van der Waals surface area contributed by atoms with Crippen molar-refractivity contribution < 1.29 is 18.0 Å². The Balaban J connectivity index is 1.39. The number of amides is 2. The Morgan fingerprint density at radius 1 is 0.833 bits per heavy atom. The molecule has 0 atom stereocenters. The first-order valence-corrected chi connectivity index (χ1v) is 12.0. The monoisotopic (exact) mass is 488 g/mol. The topological polar surface area (TPSA) is 62.5 Å². The van der Waals surface area contributed by atoms with Gasteiger partial charge in [-0.3, -0.25) is 4.90 Å². The zero-order valence-electron chi connectivity index (χ0n) is 19.7. The summed E-state index contributed by atoms with van der Waals surface area (Å²) in [4.78, 5) is 17.3. The maximum atomic E-state index is 13.6. The van der Waals surface area contributed by atoms with E-state index in [2.05, 4.69) is 22.3 Å². The number of alkyl halides is 2. The molecule has 0 bridgehead atoms. The molecule has 1 aromatic heterocycles. The van der Waals surface area contributed by atoms with Gasteiger partial charge in [0.1, 0.15) is 0 Å². The van der Waals surface area contributed by atoms with Gasteiger partial charge < -0.3 is 9.32 Å². The molecule has 1 aliphatic rings. The highest BCUT2D eigenvalue weighted by Gasteiger charge is 2.24. The van der Waals surface area contributed by atoms with Crippen molar-refractivity contribution in [1.29, 1.82) is 0 Å². The average molecular weight is 489 g/mol. The van der Waals surface area contributed by atoms with Crippen LogP contribution in [0.1, 0.15) is 37.1 Å². The number of rotatable bonds is 6. The van der Waals surface area contributed by atoms with Gasteiger partial charge >= 0.3 is 12.5 Å². The first kappa shape index (κ1) is 23.7. The average Bonchev–Trinajstić information content (AvgIpc) is 3.44. The Kier molecular flexibility index (Phi) is 7.02. The van der Waals surface area contributed by atoms with Crippen LogP contribution in [0.3, 0.4) is 0 Å². The van der Waals surface area contributed by atoms with Crippen LogP contribution in [0, 0.1) is 0 Å². The SMILES string of the molecule is O=C(N1CCCCC1)N(Cc1ccc(-c2nnc(C(F)F)o2)cc1)c1ccc(-c2ccccc2)cc1. The number of piperidine rings is 1. The van der Waals surface area contributed by atoms with Crippen LogP contribution in [0.4, 0.5) is 19.3 Å². The van der Waals surface area contributed by atoms with E-state index in [1.807, 2.05) is 59.5 Å². The molecule has 184 valence electrons. The summed E-state index contributed by atoms with van der Waals surface area (Å²) in [6, 6.07) is 25.2. The second-order valence-corrected chi connectivity index (χ2v) is 8.77. The second-order valence-electron chi connectivity index (χ2n) is 8.77. The van der Waals surface area contributed by atoms with E-state index in [1.54, 1.807) is 17.0 Å². The summed E-state index contributed by atoms with van der Waals surface area (Å²) in [5.74, 6) is -0.666. The molecule has 4 aromatic rings. The van der Waals surface area contributed by atoms with E-state index in [0.717, 1.165) is 54.7 Å². The molecular weight excluding hydrogens is 462 g/mol. The second kappa shape index (κ2) is 10.7. The fourth-order valence-electron chi connectivity index (χ4n) is 4.36. The lowest BCUT2D eigenvalue weighted by molar-refractivity contribution is 0.116. The van der Waals surface area contributed by atoms with Gasteiger partial charge in [0.05, 0.1) is 6.54 Å². The highest BCUT2D eigenvalue weighted by Crippen LogP contribution is 2.27. The van der Waals surface area contributed by atoms with Gasteiger partial charge in [0, 0.05) is 24.3 Å². The van der Waals surface area contributed by atoms with E-state index in [9.17, 15) is 13.6 Å². The summed E-state index contributed by atoms with van der Waals surface area (Å²) in [5.41, 5.74) is 4.44. The van der Waals surface area contributed by atoms with E-state index in [-0.39, 0.29) is 11.9 Å². The Bertz CT molecular complexity index is 1290. The van der Waals surface area contributed by atoms with Crippen molar-refractivity contribution in [3.63, 3.8) is 0 Å². The quantitative estimate of drug-likeness (QED) is 0.295. The van der Waals surface area contributed by atoms with Crippen molar-refractivity contribution in [2.75, 3.05) is 18.0 Å². The fraction of sp³-hybridized carbons (Fsp3) is 0.250. The maximum Gasteiger partial charge on any atom is 0.324 e. The largest absolute Gasteiger partial charge is 0.415 e. The van der Waals surface area contributed by atoms with E-state index < -0.39 is 12.3 Å². The maximum absolute atomic E-state index is 13.6. The zero-order chi connectivity index (χ0) is 24.9. The van der Waals surface area contributed by atoms with Gasteiger partial charge in [-0.25, -0.2) is 4.79 Å².